The van der Waals surface area contributed by atoms with E-state index >= 15 is 0 Å². The summed E-state index contributed by atoms with van der Waals surface area (Å²) in [6, 6.07) is 11.8. The first-order chi connectivity index (χ1) is 7.83. The summed E-state index contributed by atoms with van der Waals surface area (Å²) < 4.78 is 0. The van der Waals surface area contributed by atoms with E-state index in [9.17, 15) is 4.79 Å². The van der Waals surface area contributed by atoms with Gasteiger partial charge in [0.1, 0.15) is 0 Å². The third-order valence-electron chi connectivity index (χ3n) is 2.75. The monoisotopic (exact) mass is 213 g/mol. The van der Waals surface area contributed by atoms with Crippen molar-refractivity contribution in [2.45, 2.75) is 6.04 Å². The van der Waals surface area contributed by atoms with Crippen molar-refractivity contribution in [3.05, 3.63) is 42.1 Å². The zero-order chi connectivity index (χ0) is 11.0. The molecular weight excluding hydrogens is 202 g/mol. The number of aromatic nitrogens is 1. The molecule has 0 spiro atoms. The van der Waals surface area contributed by atoms with E-state index in [1.807, 2.05) is 36.4 Å². The van der Waals surface area contributed by atoms with Gasteiger partial charge in [0, 0.05) is 11.9 Å². The van der Waals surface area contributed by atoms with Crippen molar-refractivity contribution in [3.8, 4) is 0 Å². The highest BCUT2D eigenvalue weighted by atomic mass is 16.2. The average Bonchev–Trinajstić information content (AvgIpc) is 2.75. The lowest BCUT2D eigenvalue weighted by atomic mass is 10.1. The van der Waals surface area contributed by atoms with Crippen molar-refractivity contribution in [1.82, 2.24) is 15.6 Å². The topological polar surface area (TPSA) is 54.0 Å². The highest BCUT2D eigenvalue weighted by Gasteiger charge is 2.22. The maximum absolute atomic E-state index is 11.0. The third kappa shape index (κ3) is 1.48. The lowest BCUT2D eigenvalue weighted by molar-refractivity contribution is 0.247. The Morgan fingerprint density at radius 1 is 1.19 bits per heavy atom. The number of urea groups is 1. The van der Waals surface area contributed by atoms with Crippen LogP contribution in [-0.4, -0.2) is 17.6 Å². The molecule has 4 nitrogen and oxygen atoms in total. The van der Waals surface area contributed by atoms with Gasteiger partial charge in [-0.1, -0.05) is 24.3 Å². The summed E-state index contributed by atoms with van der Waals surface area (Å²) in [5.41, 5.74) is 1.86. The second kappa shape index (κ2) is 3.48. The molecule has 0 saturated carbocycles. The second-order valence-electron chi connectivity index (χ2n) is 3.84. The van der Waals surface area contributed by atoms with Gasteiger partial charge >= 0.3 is 6.03 Å². The van der Waals surface area contributed by atoms with Gasteiger partial charge in [0.05, 0.1) is 17.3 Å². The largest absolute Gasteiger partial charge is 0.336 e. The Bertz CT molecular complexity index is 553. The van der Waals surface area contributed by atoms with Gasteiger partial charge in [0.25, 0.3) is 0 Å². The van der Waals surface area contributed by atoms with E-state index in [4.69, 9.17) is 0 Å². The molecule has 1 saturated heterocycles. The number of carbonyl (C=O) groups excluding carboxylic acids is 1. The molecule has 1 fully saturated rings. The van der Waals surface area contributed by atoms with E-state index in [0.717, 1.165) is 16.6 Å². The van der Waals surface area contributed by atoms with Gasteiger partial charge < -0.3 is 10.6 Å². The Labute approximate surface area is 92.7 Å². The van der Waals surface area contributed by atoms with Crippen LogP contribution in [0, 0.1) is 0 Å². The number of para-hydroxylation sites is 1. The second-order valence-corrected chi connectivity index (χ2v) is 3.84. The molecule has 1 aromatic heterocycles. The minimum absolute atomic E-state index is 0.0166. The zero-order valence-electron chi connectivity index (χ0n) is 8.60. The molecule has 2 aromatic rings. The molecule has 16 heavy (non-hydrogen) atoms. The Balaban J connectivity index is 2.02. The van der Waals surface area contributed by atoms with Crippen LogP contribution in [-0.2, 0) is 0 Å². The molecule has 2 heterocycles. The Kier molecular flexibility index (Phi) is 1.99. The molecule has 1 atom stereocenters. The molecule has 1 aliphatic heterocycles. The normalized spacial score (nSPS) is 19.5. The van der Waals surface area contributed by atoms with Crippen LogP contribution in [0.25, 0.3) is 10.9 Å². The number of nitrogens with one attached hydrogen (secondary N) is 2. The van der Waals surface area contributed by atoms with E-state index in [0.29, 0.717) is 6.54 Å². The van der Waals surface area contributed by atoms with Crippen LogP contribution in [0.1, 0.15) is 11.7 Å². The molecule has 80 valence electrons. The fourth-order valence-electron chi connectivity index (χ4n) is 1.91. The number of hydrogen-bond acceptors (Lipinski definition) is 2. The van der Waals surface area contributed by atoms with Crippen LogP contribution >= 0.6 is 0 Å². The van der Waals surface area contributed by atoms with Crippen LogP contribution in [0.3, 0.4) is 0 Å². The summed E-state index contributed by atoms with van der Waals surface area (Å²) in [7, 11) is 0. The predicted molar refractivity (Wildman–Crippen MR) is 61.0 cm³/mol. The first-order valence-corrected chi connectivity index (χ1v) is 5.23. The quantitative estimate of drug-likeness (QED) is 0.755. The number of amides is 2. The number of hydrogen-bond donors (Lipinski definition) is 2. The maximum atomic E-state index is 11.0. The van der Waals surface area contributed by atoms with Crippen LogP contribution in [0.5, 0.6) is 0 Å². The molecule has 2 N–H and O–H groups in total. The van der Waals surface area contributed by atoms with Gasteiger partial charge in [-0.2, -0.15) is 0 Å². The van der Waals surface area contributed by atoms with Crippen LogP contribution < -0.4 is 10.6 Å². The van der Waals surface area contributed by atoms with E-state index < -0.39 is 0 Å². The SMILES string of the molecule is O=C1NC[C@H](c2ccc3ccccc3n2)N1. The molecule has 3 rings (SSSR count). The zero-order valence-corrected chi connectivity index (χ0v) is 8.60. The van der Waals surface area contributed by atoms with E-state index in [-0.39, 0.29) is 12.1 Å². The van der Waals surface area contributed by atoms with Gasteiger partial charge in [-0.3, -0.25) is 4.98 Å². The fourth-order valence-corrected chi connectivity index (χ4v) is 1.91. The van der Waals surface area contributed by atoms with Crippen molar-refractivity contribution in [2.24, 2.45) is 0 Å². The first kappa shape index (κ1) is 9.15. The highest BCUT2D eigenvalue weighted by Crippen LogP contribution is 2.17. The smallest absolute Gasteiger partial charge is 0.315 e. The molecular formula is C12H11N3O. The number of fused-ring (bicyclic) bond motifs is 1. The number of nitrogens with zero attached hydrogens (tertiary/aromatic N) is 1. The summed E-state index contributed by atoms with van der Waals surface area (Å²) in [5, 5.41) is 6.66. The summed E-state index contributed by atoms with van der Waals surface area (Å²) >= 11 is 0. The lowest BCUT2D eigenvalue weighted by Gasteiger charge is -2.08. The standard InChI is InChI=1S/C12H11N3O/c16-12-13-7-11(15-12)10-6-5-8-3-1-2-4-9(8)14-10/h1-6,11H,7H2,(H2,13,15,16)/t11-/m1/s1. The minimum atomic E-state index is -0.125. The molecule has 1 aromatic carbocycles. The van der Waals surface area contributed by atoms with Gasteiger partial charge in [-0.05, 0) is 12.1 Å². The average molecular weight is 213 g/mol. The van der Waals surface area contributed by atoms with Gasteiger partial charge in [0.2, 0.25) is 0 Å². The fraction of sp³-hybridized carbons (Fsp3) is 0.167. The maximum Gasteiger partial charge on any atom is 0.315 e. The molecule has 2 amide bonds. The number of pyridine rings is 1. The predicted octanol–water partition coefficient (Wildman–Crippen LogP) is 1.59. The summed E-state index contributed by atoms with van der Waals surface area (Å²) in [6.07, 6.45) is 0. The lowest BCUT2D eigenvalue weighted by Crippen LogP contribution is -2.22. The number of benzene rings is 1. The van der Waals surface area contributed by atoms with Crippen molar-refractivity contribution >= 4 is 16.9 Å². The summed E-state index contributed by atoms with van der Waals surface area (Å²) in [6.45, 7) is 0.601. The molecule has 0 aliphatic carbocycles. The molecule has 0 bridgehead atoms. The minimum Gasteiger partial charge on any atom is -0.336 e. The van der Waals surface area contributed by atoms with Crippen LogP contribution in [0.2, 0.25) is 0 Å². The molecule has 0 radical (unpaired) electrons. The Morgan fingerprint density at radius 3 is 2.88 bits per heavy atom. The van der Waals surface area contributed by atoms with Crippen LogP contribution in [0.15, 0.2) is 36.4 Å². The summed E-state index contributed by atoms with van der Waals surface area (Å²) in [5.74, 6) is 0. The third-order valence-corrected chi connectivity index (χ3v) is 2.75. The van der Waals surface area contributed by atoms with Crippen LogP contribution in [0.4, 0.5) is 4.79 Å². The van der Waals surface area contributed by atoms with Crippen molar-refractivity contribution < 1.29 is 4.79 Å². The van der Waals surface area contributed by atoms with E-state index in [2.05, 4.69) is 15.6 Å². The number of rotatable bonds is 1. The van der Waals surface area contributed by atoms with Crippen molar-refractivity contribution in [1.29, 1.82) is 0 Å². The molecule has 1 aliphatic rings. The summed E-state index contributed by atoms with van der Waals surface area (Å²) in [4.78, 5) is 15.6. The van der Waals surface area contributed by atoms with E-state index in [1.54, 1.807) is 0 Å². The van der Waals surface area contributed by atoms with Gasteiger partial charge in [-0.25, -0.2) is 4.79 Å². The number of carbonyl (C=O) groups is 1. The Morgan fingerprint density at radius 2 is 2.06 bits per heavy atom. The Hall–Kier alpha value is -2.10. The van der Waals surface area contributed by atoms with Crippen molar-refractivity contribution in [3.63, 3.8) is 0 Å². The van der Waals surface area contributed by atoms with Crippen molar-refractivity contribution in [2.75, 3.05) is 6.54 Å². The molecule has 0 unspecified atom stereocenters. The molecule has 4 heteroatoms. The highest BCUT2D eigenvalue weighted by molar-refractivity contribution is 5.79. The first-order valence-electron chi connectivity index (χ1n) is 5.23. The van der Waals surface area contributed by atoms with Gasteiger partial charge in [-0.15, -0.1) is 0 Å². The van der Waals surface area contributed by atoms with E-state index in [1.165, 1.54) is 0 Å². The van der Waals surface area contributed by atoms with Gasteiger partial charge in [0.15, 0.2) is 0 Å².